The van der Waals surface area contributed by atoms with Crippen molar-refractivity contribution in [2.45, 2.75) is 101 Å². The molecule has 4 aromatic carbocycles. The summed E-state index contributed by atoms with van der Waals surface area (Å²) in [5.41, 5.74) is 7.14. The van der Waals surface area contributed by atoms with Crippen molar-refractivity contribution in [1.82, 2.24) is 20.3 Å². The maximum atomic E-state index is 12.0. The summed E-state index contributed by atoms with van der Waals surface area (Å²) in [5, 5.41) is 22.2. The number of hydrogen-bond donors (Lipinski definition) is 1. The van der Waals surface area contributed by atoms with Crippen LogP contribution in [0.2, 0.25) is 20.1 Å². The van der Waals surface area contributed by atoms with Gasteiger partial charge in [-0.25, -0.2) is 19.6 Å². The predicted octanol–water partition coefficient (Wildman–Crippen LogP) is 14.1. The maximum Gasteiger partial charge on any atom is 0.337 e. The molecule has 6 heterocycles. The van der Waals surface area contributed by atoms with Gasteiger partial charge in [0.1, 0.15) is 22.9 Å². The summed E-state index contributed by atoms with van der Waals surface area (Å²) in [5.74, 6) is 2.36. The molecule has 2 saturated heterocycles. The van der Waals surface area contributed by atoms with Gasteiger partial charge in [-0.1, -0.05) is 91.5 Å². The number of benzene rings is 4. The third-order valence-corrected chi connectivity index (χ3v) is 18.9. The minimum atomic E-state index is -0.928. The number of aromatic nitrogens is 4. The van der Waals surface area contributed by atoms with Gasteiger partial charge in [-0.15, -0.1) is 0 Å². The Morgan fingerprint density at radius 3 is 1.49 bits per heavy atom. The van der Waals surface area contributed by atoms with Crippen molar-refractivity contribution in [2.24, 2.45) is 11.8 Å². The first kappa shape index (κ1) is 49.3. The van der Waals surface area contributed by atoms with E-state index in [2.05, 4.69) is 20.1 Å². The highest BCUT2D eigenvalue weighted by Crippen LogP contribution is 2.50. The fourth-order valence-electron chi connectivity index (χ4n) is 11.7. The lowest BCUT2D eigenvalue weighted by Gasteiger charge is -2.33. The van der Waals surface area contributed by atoms with Crippen LogP contribution >= 0.6 is 69.1 Å². The number of nitrogens with zero attached hydrogens (tertiary/aromatic N) is 6. The number of carbonyl (C=O) groups excluding carboxylic acids is 1. The molecule has 8 aromatic rings. The average Bonchev–Trinajstić information content (AvgIpc) is 3.83. The van der Waals surface area contributed by atoms with Gasteiger partial charge in [-0.05, 0) is 124 Å². The number of hydrogen-bond acceptors (Lipinski definition) is 15. The average molecular weight is 1130 g/mol. The van der Waals surface area contributed by atoms with Crippen LogP contribution in [0.1, 0.15) is 107 Å². The lowest BCUT2D eigenvalue weighted by molar-refractivity contribution is 0.0255. The number of halogens is 4. The third-order valence-electron chi connectivity index (χ3n) is 15.6. The highest BCUT2D eigenvalue weighted by molar-refractivity contribution is 7.22. The van der Waals surface area contributed by atoms with Crippen LogP contribution in [-0.2, 0) is 27.4 Å². The van der Waals surface area contributed by atoms with Crippen LogP contribution in [0.4, 0.5) is 10.3 Å². The summed E-state index contributed by atoms with van der Waals surface area (Å²) in [6.45, 7) is 2.69. The van der Waals surface area contributed by atoms with E-state index in [0.717, 1.165) is 118 Å². The summed E-state index contributed by atoms with van der Waals surface area (Å²) in [6.07, 6.45) is 8.64. The Bertz CT molecular complexity index is 3500. The van der Waals surface area contributed by atoms with Crippen LogP contribution in [0, 0.1) is 11.8 Å². The lowest BCUT2D eigenvalue weighted by atomic mass is 10.0. The van der Waals surface area contributed by atoms with E-state index in [1.54, 1.807) is 46.9 Å². The van der Waals surface area contributed by atoms with Crippen LogP contribution < -0.4 is 9.80 Å². The number of piperidine rings is 2. The van der Waals surface area contributed by atoms with Crippen molar-refractivity contribution in [3.05, 3.63) is 127 Å². The van der Waals surface area contributed by atoms with Gasteiger partial charge in [0.05, 0.1) is 96.3 Å². The molecule has 0 radical (unpaired) electrons. The van der Waals surface area contributed by atoms with Crippen LogP contribution in [0.5, 0.6) is 0 Å². The number of esters is 1. The normalized spacial score (nSPS) is 22.7. The molecule has 20 heteroatoms. The Morgan fingerprint density at radius 1 is 0.640 bits per heavy atom. The minimum absolute atomic E-state index is 0.0527. The van der Waals surface area contributed by atoms with Crippen molar-refractivity contribution in [3.63, 3.8) is 0 Å². The van der Waals surface area contributed by atoms with E-state index < -0.39 is 5.97 Å². The molecule has 0 amide bonds. The van der Waals surface area contributed by atoms with Gasteiger partial charge in [0.15, 0.2) is 10.3 Å². The second kappa shape index (κ2) is 19.9. The van der Waals surface area contributed by atoms with Crippen molar-refractivity contribution < 1.29 is 38.0 Å². The van der Waals surface area contributed by atoms with Crippen molar-refractivity contribution in [2.75, 3.05) is 30.0 Å². The molecule has 14 nitrogen and oxygen atoms in total. The van der Waals surface area contributed by atoms with Gasteiger partial charge in [0.25, 0.3) is 0 Å². The summed E-state index contributed by atoms with van der Waals surface area (Å²) in [4.78, 5) is 37.8. The molecule has 6 atom stereocenters. The van der Waals surface area contributed by atoms with Crippen LogP contribution in [0.25, 0.3) is 42.9 Å². The molecule has 1 N–H and O–H groups in total. The van der Waals surface area contributed by atoms with Gasteiger partial charge in [0.2, 0.25) is 0 Å². The number of aromatic carboxylic acids is 1. The fraction of sp³-hybridized carbons (Fsp3) is 0.382. The maximum absolute atomic E-state index is 12.0. The molecule has 386 valence electrons. The van der Waals surface area contributed by atoms with E-state index in [1.807, 2.05) is 48.5 Å². The van der Waals surface area contributed by atoms with Crippen molar-refractivity contribution >= 4 is 112 Å². The Kier molecular flexibility index (Phi) is 13.1. The van der Waals surface area contributed by atoms with Crippen LogP contribution in [-0.4, -0.2) is 81.8 Å². The predicted molar refractivity (Wildman–Crippen MR) is 290 cm³/mol. The number of rotatable bonds is 14. The van der Waals surface area contributed by atoms with Gasteiger partial charge in [0, 0.05) is 47.2 Å². The smallest absolute Gasteiger partial charge is 0.337 e. The number of thiazole rings is 2. The number of ether oxygens (including phenoxy) is 3. The minimum Gasteiger partial charge on any atom is -0.478 e. The Morgan fingerprint density at radius 2 is 1.08 bits per heavy atom. The summed E-state index contributed by atoms with van der Waals surface area (Å²) >= 11 is 29.2. The largest absolute Gasteiger partial charge is 0.478 e. The second-order valence-electron chi connectivity index (χ2n) is 20.5. The van der Waals surface area contributed by atoms with E-state index in [0.29, 0.717) is 85.1 Å². The molecule has 4 bridgehead atoms. The number of carboxylic acid groups (broad SMARTS) is 1. The first-order valence-electron chi connectivity index (χ1n) is 25.2. The number of carboxylic acids is 1. The fourth-order valence-corrected chi connectivity index (χ4v) is 15.0. The lowest BCUT2D eigenvalue weighted by Crippen LogP contribution is -2.42. The van der Waals surface area contributed by atoms with Crippen molar-refractivity contribution in [3.8, 4) is 22.5 Å². The first-order valence-corrected chi connectivity index (χ1v) is 28.4. The quantitative estimate of drug-likeness (QED) is 0.102. The Balaban J connectivity index is 0.000000144. The molecule has 4 aromatic heterocycles. The van der Waals surface area contributed by atoms with Gasteiger partial charge in [-0.2, -0.15) is 0 Å². The van der Waals surface area contributed by atoms with Gasteiger partial charge >= 0.3 is 11.9 Å². The molecule has 6 unspecified atom stereocenters. The summed E-state index contributed by atoms with van der Waals surface area (Å²) in [6, 6.07) is 22.0. The zero-order chi connectivity index (χ0) is 51.2. The summed E-state index contributed by atoms with van der Waals surface area (Å²) in [7, 11) is 1.39. The number of carbonyl (C=O) groups is 2. The molecule has 75 heavy (non-hydrogen) atoms. The molecule has 6 aliphatic rings. The molecular weight excluding hydrogens is 1080 g/mol. The molecule has 0 spiro atoms. The zero-order valence-corrected chi connectivity index (χ0v) is 45.0. The van der Waals surface area contributed by atoms with E-state index in [4.69, 9.17) is 79.6 Å². The standard InChI is InChI=1S/C28H25Cl2N3O4S.C27H23Cl2N3O4S/c1-35-27(34)16-7-8-20-23(11-16)38-28(31-20)33-12-14-9-21(33)22(10-14)36-13-17-25(32-37-26(17)15-5-6-15)24-18(29)3-2-4-19(24)30;28-17-2-1-3-18(29)23(17)24-16(25(36-31-24)14-4-5-14)12-35-21-9-13-8-20(21)32(11-13)27-30-19-7-6-15(26(33)34)10-22(19)37-27/h2-4,7-8,11,14-15,21-22H,5-6,9-10,12-13H2,1H3;1-3,6-7,10,13-14,20-21H,4-5,8-9,11-12H2,(H,33,34). The number of anilines is 2. The highest BCUT2D eigenvalue weighted by atomic mass is 35.5. The van der Waals surface area contributed by atoms with E-state index in [-0.39, 0.29) is 35.8 Å². The second-order valence-corrected chi connectivity index (χ2v) is 24.1. The highest BCUT2D eigenvalue weighted by Gasteiger charge is 2.49. The van der Waals surface area contributed by atoms with Gasteiger partial charge < -0.3 is 38.2 Å². The van der Waals surface area contributed by atoms with E-state index >= 15 is 0 Å². The first-order chi connectivity index (χ1) is 36.5. The SMILES string of the molecule is COC(=O)c1ccc2nc(N3CC4CC(OCc5c(-c6c(Cl)cccc6Cl)noc5C5CC5)C3C4)sc2c1.O=C(O)c1ccc2nc(N3CC4CC(OCc5c(-c6c(Cl)cccc6Cl)noc5C5CC5)C3C4)sc2c1. The van der Waals surface area contributed by atoms with Crippen LogP contribution in [0.15, 0.2) is 81.8 Å². The molecular formula is C55H48Cl4N6O8S2. The van der Waals surface area contributed by atoms with Crippen molar-refractivity contribution in [1.29, 1.82) is 0 Å². The Labute approximate surface area is 458 Å². The summed E-state index contributed by atoms with van der Waals surface area (Å²) < 4.78 is 31.6. The topological polar surface area (TPSA) is 166 Å². The van der Waals surface area contributed by atoms with Crippen LogP contribution in [0.3, 0.4) is 0 Å². The molecule has 4 aliphatic carbocycles. The van der Waals surface area contributed by atoms with E-state index in [1.165, 1.54) is 7.11 Å². The number of methoxy groups -OCH3 is 1. The third kappa shape index (κ3) is 9.36. The monoisotopic (exact) mass is 1120 g/mol. The molecule has 2 aliphatic heterocycles. The molecule has 4 saturated carbocycles. The zero-order valence-electron chi connectivity index (χ0n) is 40.3. The Hall–Kier alpha value is -5.30. The van der Waals surface area contributed by atoms with Gasteiger partial charge in [-0.3, -0.25) is 0 Å². The van der Waals surface area contributed by atoms with E-state index in [9.17, 15) is 14.7 Å². The molecule has 14 rings (SSSR count). The number of fused-ring (bicyclic) bond motifs is 6. The molecule has 6 fully saturated rings.